The molecule has 0 amide bonds. The fourth-order valence-electron chi connectivity index (χ4n) is 4.06. The van der Waals surface area contributed by atoms with E-state index in [0.29, 0.717) is 12.2 Å². The highest BCUT2D eigenvalue weighted by molar-refractivity contribution is 5.72. The highest BCUT2D eigenvalue weighted by atomic mass is 16.5. The summed E-state index contributed by atoms with van der Waals surface area (Å²) in [6.45, 7) is 4.91. The van der Waals surface area contributed by atoms with E-state index in [-0.39, 0.29) is 5.57 Å². The topological polar surface area (TPSA) is 60.0 Å². The molecule has 0 aromatic heterocycles. The Balaban J connectivity index is 1.59. The summed E-state index contributed by atoms with van der Waals surface area (Å²) in [7, 11) is 0. The van der Waals surface area contributed by atoms with Crippen molar-refractivity contribution in [3.8, 4) is 12.1 Å². The standard InChI is InChI=1S/C26H23N3O/c1-26(2)16-21(22(17-27)18-28)15-24(30-26)10-8-19-9-11-25-20(14-19)12-13-29(25)23-6-4-3-5-7-23/h3-11,14-15H,12-13,16H2,1-2H3/b10-8+. The largest absolute Gasteiger partial charge is 0.488 e. The van der Waals surface area contributed by atoms with E-state index < -0.39 is 5.60 Å². The van der Waals surface area contributed by atoms with Crippen LogP contribution in [0, 0.1) is 22.7 Å². The Labute approximate surface area is 177 Å². The molecule has 4 rings (SSSR count). The quantitative estimate of drug-likeness (QED) is 0.617. The number of nitriles is 2. The Morgan fingerprint density at radius 1 is 1.07 bits per heavy atom. The maximum Gasteiger partial charge on any atom is 0.133 e. The minimum Gasteiger partial charge on any atom is -0.488 e. The number of allylic oxidation sites excluding steroid dienone is 3. The van der Waals surface area contributed by atoms with E-state index >= 15 is 0 Å². The van der Waals surface area contributed by atoms with Crippen LogP contribution in [-0.2, 0) is 11.2 Å². The molecule has 2 aliphatic rings. The minimum atomic E-state index is -0.461. The van der Waals surface area contributed by atoms with Crippen molar-refractivity contribution >= 4 is 17.5 Å². The van der Waals surface area contributed by atoms with Gasteiger partial charge in [-0.1, -0.05) is 30.3 Å². The summed E-state index contributed by atoms with van der Waals surface area (Å²) in [6, 6.07) is 20.9. The Bertz CT molecular complexity index is 1130. The molecule has 148 valence electrons. The molecule has 0 bridgehead atoms. The van der Waals surface area contributed by atoms with Crippen molar-refractivity contribution in [3.05, 3.63) is 88.7 Å². The van der Waals surface area contributed by atoms with Crippen LogP contribution in [0.5, 0.6) is 0 Å². The molecule has 0 unspecified atom stereocenters. The zero-order valence-electron chi connectivity index (χ0n) is 17.2. The second-order valence-electron chi connectivity index (χ2n) is 8.17. The Morgan fingerprint density at radius 3 is 2.57 bits per heavy atom. The molecule has 2 aliphatic heterocycles. The van der Waals surface area contributed by atoms with Crippen molar-refractivity contribution in [2.45, 2.75) is 32.3 Å². The van der Waals surface area contributed by atoms with Crippen LogP contribution in [0.25, 0.3) is 6.08 Å². The third kappa shape index (κ3) is 4.00. The van der Waals surface area contributed by atoms with Gasteiger partial charge in [0, 0.05) is 24.3 Å². The van der Waals surface area contributed by atoms with Gasteiger partial charge in [0.05, 0.1) is 0 Å². The molecule has 4 nitrogen and oxygen atoms in total. The first kappa shape index (κ1) is 19.6. The van der Waals surface area contributed by atoms with E-state index in [1.54, 1.807) is 6.08 Å². The normalized spacial score (nSPS) is 17.0. The predicted octanol–water partition coefficient (Wildman–Crippen LogP) is 5.82. The smallest absolute Gasteiger partial charge is 0.133 e. The molecule has 0 N–H and O–H groups in total. The summed E-state index contributed by atoms with van der Waals surface area (Å²) in [5.74, 6) is 0.663. The SMILES string of the molecule is CC1(C)CC(=C(C#N)C#N)C=C(/C=C/c2ccc3c(c2)CCN3c2ccccc2)O1. The van der Waals surface area contributed by atoms with E-state index in [1.807, 2.05) is 44.2 Å². The van der Waals surface area contributed by atoms with Crippen LogP contribution >= 0.6 is 0 Å². The van der Waals surface area contributed by atoms with Crippen LogP contribution in [-0.4, -0.2) is 12.1 Å². The Morgan fingerprint density at radius 2 is 1.83 bits per heavy atom. The van der Waals surface area contributed by atoms with E-state index in [1.165, 1.54) is 16.9 Å². The van der Waals surface area contributed by atoms with Crippen molar-refractivity contribution in [2.24, 2.45) is 0 Å². The van der Waals surface area contributed by atoms with Crippen LogP contribution in [0.1, 0.15) is 31.4 Å². The molecule has 4 heteroatoms. The van der Waals surface area contributed by atoms with E-state index in [9.17, 15) is 10.5 Å². The molecule has 30 heavy (non-hydrogen) atoms. The van der Waals surface area contributed by atoms with Gasteiger partial charge in [-0.3, -0.25) is 0 Å². The van der Waals surface area contributed by atoms with E-state index in [2.05, 4.69) is 47.4 Å². The second kappa shape index (κ2) is 7.93. The molecule has 0 saturated heterocycles. The Kier molecular flexibility index (Phi) is 5.17. The number of nitrogens with zero attached hydrogens (tertiary/aromatic N) is 3. The van der Waals surface area contributed by atoms with Crippen LogP contribution in [0.3, 0.4) is 0 Å². The molecule has 0 saturated carbocycles. The number of anilines is 2. The summed E-state index contributed by atoms with van der Waals surface area (Å²) in [4.78, 5) is 2.35. The predicted molar refractivity (Wildman–Crippen MR) is 119 cm³/mol. The lowest BCUT2D eigenvalue weighted by atomic mass is 9.92. The lowest BCUT2D eigenvalue weighted by Gasteiger charge is -2.31. The number of hydrogen-bond donors (Lipinski definition) is 0. The first-order valence-electron chi connectivity index (χ1n) is 10.1. The van der Waals surface area contributed by atoms with Gasteiger partial charge in [-0.2, -0.15) is 10.5 Å². The molecule has 2 aromatic rings. The summed E-state index contributed by atoms with van der Waals surface area (Å²) in [5, 5.41) is 18.4. The van der Waals surface area contributed by atoms with Gasteiger partial charge in [0.1, 0.15) is 29.1 Å². The maximum atomic E-state index is 9.21. The van der Waals surface area contributed by atoms with Crippen LogP contribution in [0.2, 0.25) is 0 Å². The Hall–Kier alpha value is -3.76. The van der Waals surface area contributed by atoms with Crippen LogP contribution in [0.15, 0.2) is 77.6 Å². The van der Waals surface area contributed by atoms with Crippen molar-refractivity contribution in [1.29, 1.82) is 10.5 Å². The molecular weight excluding hydrogens is 370 g/mol. The van der Waals surface area contributed by atoms with Crippen molar-refractivity contribution in [1.82, 2.24) is 0 Å². The van der Waals surface area contributed by atoms with Gasteiger partial charge < -0.3 is 9.64 Å². The summed E-state index contributed by atoms with van der Waals surface area (Å²) >= 11 is 0. The highest BCUT2D eigenvalue weighted by Gasteiger charge is 2.28. The van der Waals surface area contributed by atoms with Gasteiger partial charge in [-0.05, 0) is 73.4 Å². The fraction of sp³-hybridized carbons (Fsp3) is 0.231. The van der Waals surface area contributed by atoms with Gasteiger partial charge >= 0.3 is 0 Å². The van der Waals surface area contributed by atoms with Crippen molar-refractivity contribution in [2.75, 3.05) is 11.4 Å². The zero-order chi connectivity index (χ0) is 21.1. The number of para-hydroxylation sites is 1. The zero-order valence-corrected chi connectivity index (χ0v) is 17.2. The number of fused-ring (bicyclic) bond motifs is 1. The van der Waals surface area contributed by atoms with E-state index in [4.69, 9.17) is 4.74 Å². The third-order valence-electron chi connectivity index (χ3n) is 5.38. The molecule has 2 aromatic carbocycles. The van der Waals surface area contributed by atoms with Gasteiger partial charge in [-0.25, -0.2) is 0 Å². The van der Waals surface area contributed by atoms with Crippen LogP contribution in [0.4, 0.5) is 11.4 Å². The molecule has 0 radical (unpaired) electrons. The molecule has 0 atom stereocenters. The second-order valence-corrected chi connectivity index (χ2v) is 8.17. The fourth-order valence-corrected chi connectivity index (χ4v) is 4.06. The molecule has 0 fully saturated rings. The number of ether oxygens (including phenoxy) is 1. The van der Waals surface area contributed by atoms with Gasteiger partial charge in [-0.15, -0.1) is 0 Å². The average Bonchev–Trinajstić information content (AvgIpc) is 3.16. The first-order valence-corrected chi connectivity index (χ1v) is 10.1. The monoisotopic (exact) mass is 393 g/mol. The molecule has 2 heterocycles. The maximum absolute atomic E-state index is 9.21. The van der Waals surface area contributed by atoms with Crippen molar-refractivity contribution in [3.63, 3.8) is 0 Å². The van der Waals surface area contributed by atoms with Crippen molar-refractivity contribution < 1.29 is 4.74 Å². The minimum absolute atomic E-state index is 0.149. The van der Waals surface area contributed by atoms with E-state index in [0.717, 1.165) is 24.1 Å². The number of hydrogen-bond acceptors (Lipinski definition) is 4. The first-order chi connectivity index (χ1) is 14.5. The lowest BCUT2D eigenvalue weighted by molar-refractivity contribution is 0.0356. The van der Waals surface area contributed by atoms with Crippen LogP contribution < -0.4 is 4.90 Å². The average molecular weight is 393 g/mol. The van der Waals surface area contributed by atoms with Gasteiger partial charge in [0.15, 0.2) is 0 Å². The third-order valence-corrected chi connectivity index (χ3v) is 5.38. The summed E-state index contributed by atoms with van der Waals surface area (Å²) in [6.07, 6.45) is 7.29. The van der Waals surface area contributed by atoms with Gasteiger partial charge in [0.25, 0.3) is 0 Å². The highest BCUT2D eigenvalue weighted by Crippen LogP contribution is 2.36. The lowest BCUT2D eigenvalue weighted by Crippen LogP contribution is -2.27. The summed E-state index contributed by atoms with van der Waals surface area (Å²) < 4.78 is 6.05. The molecule has 0 spiro atoms. The molecular formula is C26H23N3O. The summed E-state index contributed by atoms with van der Waals surface area (Å²) in [5.41, 5.74) is 5.31. The van der Waals surface area contributed by atoms with Gasteiger partial charge in [0.2, 0.25) is 0 Å². The number of rotatable bonds is 3. The number of benzene rings is 2. The molecule has 0 aliphatic carbocycles.